The third kappa shape index (κ3) is 4.60. The van der Waals surface area contributed by atoms with E-state index >= 15 is 0 Å². The smallest absolute Gasteiger partial charge is 0.343 e. The number of carbonyl (C=O) groups is 1. The van der Waals surface area contributed by atoms with E-state index in [0.717, 1.165) is 0 Å². The largest absolute Gasteiger partial charge is 0.506 e. The van der Waals surface area contributed by atoms with E-state index in [1.54, 1.807) is 55.5 Å². The zero-order chi connectivity index (χ0) is 17.5. The number of nitrogens with zero attached hydrogens (tertiary/aromatic N) is 1. The van der Waals surface area contributed by atoms with Crippen LogP contribution in [0.4, 0.5) is 5.69 Å². The Morgan fingerprint density at radius 1 is 1.21 bits per heavy atom. The highest BCUT2D eigenvalue weighted by Crippen LogP contribution is 2.25. The van der Waals surface area contributed by atoms with Crippen molar-refractivity contribution in [2.75, 3.05) is 6.61 Å². The molecule has 2 aromatic rings. The van der Waals surface area contributed by atoms with Crippen LogP contribution >= 0.6 is 23.2 Å². The molecule has 0 fully saturated rings. The van der Waals surface area contributed by atoms with Crippen molar-refractivity contribution in [3.8, 4) is 0 Å². The van der Waals surface area contributed by atoms with E-state index in [9.17, 15) is 9.90 Å². The third-order valence-electron chi connectivity index (χ3n) is 3.03. The Morgan fingerprint density at radius 3 is 2.62 bits per heavy atom. The Hall–Kier alpha value is -2.30. The third-order valence-corrected chi connectivity index (χ3v) is 3.60. The molecule has 0 aliphatic heterocycles. The Morgan fingerprint density at radius 2 is 1.96 bits per heavy atom. The first-order chi connectivity index (χ1) is 11.5. The summed E-state index contributed by atoms with van der Waals surface area (Å²) >= 11 is 12.0. The lowest BCUT2D eigenvalue weighted by molar-refractivity contribution is -0.137. The lowest BCUT2D eigenvalue weighted by Gasteiger charge is -2.08. The first kappa shape index (κ1) is 18.0. The van der Waals surface area contributed by atoms with E-state index in [2.05, 4.69) is 4.99 Å². The van der Waals surface area contributed by atoms with Crippen LogP contribution in [0.5, 0.6) is 0 Å². The highest BCUT2D eigenvalue weighted by atomic mass is 35.5. The molecule has 2 rings (SSSR count). The minimum atomic E-state index is -0.694. The summed E-state index contributed by atoms with van der Waals surface area (Å²) in [6, 6.07) is 13.4. The standard InChI is InChI=1S/C18H15Cl2NO3/c1-2-24-18(23)15(11-21-13-7-5-6-12(19)10-13)17(22)14-8-3-4-9-16(14)20/h3-11,22H,2H2,1H3/b17-15-,21-11?. The van der Waals surface area contributed by atoms with Gasteiger partial charge in [0.1, 0.15) is 11.3 Å². The molecule has 0 aliphatic carbocycles. The maximum absolute atomic E-state index is 12.2. The van der Waals surface area contributed by atoms with E-state index in [-0.39, 0.29) is 17.9 Å². The second-order valence-corrected chi connectivity index (χ2v) is 5.54. The lowest BCUT2D eigenvalue weighted by atomic mass is 10.1. The molecule has 24 heavy (non-hydrogen) atoms. The molecule has 0 unspecified atom stereocenters. The van der Waals surface area contributed by atoms with Crippen molar-refractivity contribution < 1.29 is 14.6 Å². The second-order valence-electron chi connectivity index (χ2n) is 4.70. The minimum absolute atomic E-state index is 0.0927. The average Bonchev–Trinajstić information content (AvgIpc) is 2.55. The SMILES string of the molecule is CCOC(=O)/C(C=Nc1cccc(Cl)c1)=C(\O)c1ccccc1Cl. The van der Waals surface area contributed by atoms with Crippen LogP contribution in [0.2, 0.25) is 10.0 Å². The molecule has 0 saturated heterocycles. The van der Waals surface area contributed by atoms with Crippen LogP contribution in [0.15, 0.2) is 59.1 Å². The molecule has 0 heterocycles. The van der Waals surface area contributed by atoms with Gasteiger partial charge in [-0.3, -0.25) is 4.99 Å². The first-order valence-corrected chi connectivity index (χ1v) is 7.93. The number of rotatable bonds is 5. The van der Waals surface area contributed by atoms with E-state index in [4.69, 9.17) is 27.9 Å². The molecular weight excluding hydrogens is 349 g/mol. The average molecular weight is 364 g/mol. The van der Waals surface area contributed by atoms with Crippen molar-refractivity contribution in [3.63, 3.8) is 0 Å². The predicted molar refractivity (Wildman–Crippen MR) is 97.2 cm³/mol. The molecule has 4 nitrogen and oxygen atoms in total. The fraction of sp³-hybridized carbons (Fsp3) is 0.111. The number of hydrogen-bond donors (Lipinski definition) is 1. The highest BCUT2D eigenvalue weighted by molar-refractivity contribution is 6.32. The predicted octanol–water partition coefficient (Wildman–Crippen LogP) is 5.23. The zero-order valence-electron chi connectivity index (χ0n) is 12.9. The molecular formula is C18H15Cl2NO3. The van der Waals surface area contributed by atoms with Gasteiger partial charge in [-0.15, -0.1) is 0 Å². The Labute approximate surface area is 150 Å². The zero-order valence-corrected chi connectivity index (χ0v) is 14.4. The van der Waals surface area contributed by atoms with Gasteiger partial charge >= 0.3 is 5.97 Å². The number of aliphatic hydroxyl groups is 1. The topological polar surface area (TPSA) is 58.9 Å². The van der Waals surface area contributed by atoms with Crippen LogP contribution < -0.4 is 0 Å². The van der Waals surface area contributed by atoms with Gasteiger partial charge in [0.25, 0.3) is 0 Å². The lowest BCUT2D eigenvalue weighted by Crippen LogP contribution is -2.11. The number of aliphatic imine (C=N–C) groups is 1. The van der Waals surface area contributed by atoms with Gasteiger partial charge in [-0.25, -0.2) is 4.79 Å². The van der Waals surface area contributed by atoms with Crippen molar-refractivity contribution in [2.45, 2.75) is 6.92 Å². The van der Waals surface area contributed by atoms with Gasteiger partial charge in [-0.1, -0.05) is 41.4 Å². The monoisotopic (exact) mass is 363 g/mol. The number of benzene rings is 2. The summed E-state index contributed by atoms with van der Waals surface area (Å²) in [7, 11) is 0. The summed E-state index contributed by atoms with van der Waals surface area (Å²) in [6.45, 7) is 1.85. The molecule has 0 aliphatic rings. The van der Waals surface area contributed by atoms with Crippen LogP contribution in [0.3, 0.4) is 0 Å². The highest BCUT2D eigenvalue weighted by Gasteiger charge is 2.17. The van der Waals surface area contributed by atoms with E-state index in [1.165, 1.54) is 6.21 Å². The maximum atomic E-state index is 12.2. The fourth-order valence-corrected chi connectivity index (χ4v) is 2.32. The first-order valence-electron chi connectivity index (χ1n) is 7.17. The summed E-state index contributed by atoms with van der Waals surface area (Å²) in [4.78, 5) is 16.3. The number of ether oxygens (including phenoxy) is 1. The molecule has 1 N–H and O–H groups in total. The molecule has 2 aromatic carbocycles. The quantitative estimate of drug-likeness (QED) is 0.342. The van der Waals surface area contributed by atoms with Crippen LogP contribution in [-0.2, 0) is 9.53 Å². The van der Waals surface area contributed by atoms with Gasteiger partial charge in [0.05, 0.1) is 17.3 Å². The van der Waals surface area contributed by atoms with Crippen molar-refractivity contribution >= 4 is 46.8 Å². The number of carbonyl (C=O) groups excluding carboxylic acids is 1. The summed E-state index contributed by atoms with van der Waals surface area (Å²) in [5.74, 6) is -0.995. The Balaban J connectivity index is 2.47. The van der Waals surface area contributed by atoms with Crippen LogP contribution in [0, 0.1) is 0 Å². The molecule has 124 valence electrons. The maximum Gasteiger partial charge on any atom is 0.343 e. The van der Waals surface area contributed by atoms with Gasteiger partial charge in [0.2, 0.25) is 0 Å². The molecule has 6 heteroatoms. The van der Waals surface area contributed by atoms with Gasteiger partial charge in [-0.05, 0) is 37.3 Å². The fourth-order valence-electron chi connectivity index (χ4n) is 1.91. The van der Waals surface area contributed by atoms with Crippen molar-refractivity contribution in [1.29, 1.82) is 0 Å². The molecule has 0 bridgehead atoms. The van der Waals surface area contributed by atoms with E-state index < -0.39 is 5.97 Å². The molecule has 0 radical (unpaired) electrons. The molecule has 0 spiro atoms. The molecule has 0 aromatic heterocycles. The van der Waals surface area contributed by atoms with E-state index in [0.29, 0.717) is 21.3 Å². The van der Waals surface area contributed by atoms with Gasteiger partial charge in [0, 0.05) is 16.8 Å². The molecule has 0 saturated carbocycles. The van der Waals surface area contributed by atoms with Crippen molar-refractivity contribution in [2.24, 2.45) is 4.99 Å². The normalized spacial score (nSPS) is 12.1. The van der Waals surface area contributed by atoms with Crippen molar-refractivity contribution in [3.05, 3.63) is 69.7 Å². The summed E-state index contributed by atoms with van der Waals surface area (Å²) in [5, 5.41) is 11.3. The van der Waals surface area contributed by atoms with Crippen LogP contribution in [-0.4, -0.2) is 23.9 Å². The second kappa shape index (κ2) is 8.52. The summed E-state index contributed by atoms with van der Waals surface area (Å²) in [5.41, 5.74) is 0.765. The van der Waals surface area contributed by atoms with Gasteiger partial charge < -0.3 is 9.84 Å². The number of aliphatic hydroxyl groups excluding tert-OH is 1. The summed E-state index contributed by atoms with van der Waals surface area (Å²) < 4.78 is 4.98. The minimum Gasteiger partial charge on any atom is -0.506 e. The molecule has 0 atom stereocenters. The van der Waals surface area contributed by atoms with Crippen LogP contribution in [0.1, 0.15) is 12.5 Å². The Kier molecular flexibility index (Phi) is 6.41. The number of hydrogen-bond acceptors (Lipinski definition) is 4. The molecule has 0 amide bonds. The van der Waals surface area contributed by atoms with E-state index in [1.807, 2.05) is 0 Å². The van der Waals surface area contributed by atoms with Crippen molar-refractivity contribution in [1.82, 2.24) is 0 Å². The van der Waals surface area contributed by atoms with Crippen LogP contribution in [0.25, 0.3) is 5.76 Å². The van der Waals surface area contributed by atoms with Gasteiger partial charge in [0.15, 0.2) is 0 Å². The Bertz CT molecular complexity index is 800. The van der Waals surface area contributed by atoms with Gasteiger partial charge in [-0.2, -0.15) is 0 Å². The summed E-state index contributed by atoms with van der Waals surface area (Å²) in [6.07, 6.45) is 1.24. The number of esters is 1. The number of halogens is 2.